The molecule has 0 saturated heterocycles. The third kappa shape index (κ3) is 5.91. The van der Waals surface area contributed by atoms with Crippen LogP contribution in [0.3, 0.4) is 0 Å². The molecule has 2 aromatic carbocycles. The molecule has 6 rings (SSSR count). The van der Waals surface area contributed by atoms with Gasteiger partial charge >= 0.3 is 0 Å². The molecule has 0 N–H and O–H groups in total. The molecular formula is C36H45N3O3S. The van der Waals surface area contributed by atoms with Gasteiger partial charge in [-0.05, 0) is 102 Å². The molecule has 1 amide bonds. The topological polar surface area (TPSA) is 54.9 Å². The molecule has 1 unspecified atom stereocenters. The summed E-state index contributed by atoms with van der Waals surface area (Å²) in [7, 11) is 4.39. The van der Waals surface area contributed by atoms with E-state index in [1.807, 2.05) is 30.0 Å². The van der Waals surface area contributed by atoms with Crippen LogP contribution in [-0.4, -0.2) is 59.2 Å². The summed E-state index contributed by atoms with van der Waals surface area (Å²) in [6.45, 7) is 7.96. The minimum absolute atomic E-state index is 0.0758. The Bertz CT molecular complexity index is 1500. The van der Waals surface area contributed by atoms with Crippen molar-refractivity contribution in [2.75, 3.05) is 26.9 Å². The van der Waals surface area contributed by atoms with Gasteiger partial charge in [-0.3, -0.25) is 4.79 Å². The molecule has 3 aliphatic rings. The van der Waals surface area contributed by atoms with Gasteiger partial charge in [-0.1, -0.05) is 36.4 Å². The third-order valence-corrected chi connectivity index (χ3v) is 10.8. The molecule has 3 heterocycles. The number of thioether (sulfide) groups is 1. The highest BCUT2D eigenvalue weighted by atomic mass is 32.2. The first-order chi connectivity index (χ1) is 20.7. The largest absolute Gasteiger partial charge is 0.486 e. The molecule has 1 aromatic heterocycles. The zero-order valence-corrected chi connectivity index (χ0v) is 27.4. The van der Waals surface area contributed by atoms with E-state index in [1.54, 1.807) is 11.8 Å². The minimum Gasteiger partial charge on any atom is -0.486 e. The van der Waals surface area contributed by atoms with Crippen molar-refractivity contribution >= 4 is 17.7 Å². The Hall–Kier alpha value is -3.03. The average molecular weight is 600 g/mol. The summed E-state index contributed by atoms with van der Waals surface area (Å²) in [6, 6.07) is 15.2. The minimum atomic E-state index is -0.205. The maximum Gasteiger partial charge on any atom is 0.254 e. The summed E-state index contributed by atoms with van der Waals surface area (Å²) in [5.74, 6) is 2.17. The van der Waals surface area contributed by atoms with Gasteiger partial charge in [0.2, 0.25) is 5.88 Å². The lowest BCUT2D eigenvalue weighted by molar-refractivity contribution is 0.0158. The van der Waals surface area contributed by atoms with Gasteiger partial charge in [0.15, 0.2) is 0 Å². The van der Waals surface area contributed by atoms with E-state index in [2.05, 4.69) is 63.4 Å². The van der Waals surface area contributed by atoms with Gasteiger partial charge in [-0.2, -0.15) is 0 Å². The van der Waals surface area contributed by atoms with Crippen LogP contribution in [0, 0.1) is 19.8 Å². The second-order valence-electron chi connectivity index (χ2n) is 13.1. The van der Waals surface area contributed by atoms with Crippen molar-refractivity contribution in [1.82, 2.24) is 14.8 Å². The van der Waals surface area contributed by atoms with Crippen LogP contribution in [0.1, 0.15) is 76.5 Å². The molecule has 1 aliphatic carbocycles. The summed E-state index contributed by atoms with van der Waals surface area (Å²) in [5, 5.41) is 0. The van der Waals surface area contributed by atoms with E-state index in [9.17, 15) is 4.79 Å². The van der Waals surface area contributed by atoms with Crippen molar-refractivity contribution < 1.29 is 14.3 Å². The SMILES string of the molecule is CSc1cc(C)nc(OCc2ccccc2)c1CN1CCc2cc3c(c(C)c2C1=O)OC(C)(C1CCC(N(C)C)CC1)C3. The number of aryl methyl sites for hydroxylation is 1. The Balaban J connectivity index is 1.23. The lowest BCUT2D eigenvalue weighted by atomic mass is 9.74. The quantitative estimate of drug-likeness (QED) is 0.260. The van der Waals surface area contributed by atoms with Gasteiger partial charge in [0, 0.05) is 46.3 Å². The number of rotatable bonds is 8. The van der Waals surface area contributed by atoms with Crippen molar-refractivity contribution in [3.05, 3.63) is 81.5 Å². The fourth-order valence-corrected chi connectivity index (χ4v) is 8.15. The number of benzene rings is 2. The maximum atomic E-state index is 14.2. The van der Waals surface area contributed by atoms with Crippen molar-refractivity contribution in [2.45, 2.75) is 89.0 Å². The van der Waals surface area contributed by atoms with E-state index in [4.69, 9.17) is 14.5 Å². The van der Waals surface area contributed by atoms with Crippen LogP contribution in [0.25, 0.3) is 0 Å². The van der Waals surface area contributed by atoms with Gasteiger partial charge in [0.1, 0.15) is 18.0 Å². The van der Waals surface area contributed by atoms with Crippen LogP contribution in [-0.2, 0) is 26.0 Å². The predicted molar refractivity (Wildman–Crippen MR) is 173 cm³/mol. The Morgan fingerprint density at radius 1 is 1.09 bits per heavy atom. The number of fused-ring (bicyclic) bond motifs is 2. The Labute approximate surface area is 261 Å². The molecule has 0 bridgehead atoms. The molecule has 0 radical (unpaired) electrons. The monoisotopic (exact) mass is 599 g/mol. The molecule has 43 heavy (non-hydrogen) atoms. The normalized spacial score (nSPS) is 23.2. The molecule has 1 saturated carbocycles. The number of carbonyl (C=O) groups excluding carboxylic acids is 1. The molecule has 228 valence electrons. The lowest BCUT2D eigenvalue weighted by Crippen LogP contribution is -2.44. The lowest BCUT2D eigenvalue weighted by Gasteiger charge is -2.40. The molecule has 3 aromatic rings. The summed E-state index contributed by atoms with van der Waals surface area (Å²) >= 11 is 1.67. The zero-order valence-electron chi connectivity index (χ0n) is 26.5. The van der Waals surface area contributed by atoms with Crippen molar-refractivity contribution in [3.63, 3.8) is 0 Å². The van der Waals surface area contributed by atoms with Crippen LogP contribution < -0.4 is 9.47 Å². The van der Waals surface area contributed by atoms with Gasteiger partial charge in [0.05, 0.1) is 6.54 Å². The summed E-state index contributed by atoms with van der Waals surface area (Å²) in [4.78, 5) is 24.4. The number of amides is 1. The van der Waals surface area contributed by atoms with E-state index in [1.165, 1.54) is 31.2 Å². The number of nitrogens with zero attached hydrogens (tertiary/aromatic N) is 3. The van der Waals surface area contributed by atoms with Gasteiger partial charge < -0.3 is 19.3 Å². The van der Waals surface area contributed by atoms with Crippen molar-refractivity contribution in [1.29, 1.82) is 0 Å². The summed E-state index contributed by atoms with van der Waals surface area (Å²) < 4.78 is 13.1. The molecule has 6 nitrogen and oxygen atoms in total. The molecule has 2 aliphatic heterocycles. The van der Waals surface area contributed by atoms with E-state index in [-0.39, 0.29) is 11.5 Å². The number of aromatic nitrogens is 1. The van der Waals surface area contributed by atoms with Gasteiger partial charge in [0.25, 0.3) is 5.91 Å². The fraction of sp³-hybridized carbons (Fsp3) is 0.500. The molecular weight excluding hydrogens is 554 g/mol. The van der Waals surface area contributed by atoms with Crippen molar-refractivity contribution in [3.8, 4) is 11.6 Å². The van der Waals surface area contributed by atoms with Crippen LogP contribution in [0.15, 0.2) is 47.4 Å². The number of carbonyl (C=O) groups is 1. The first kappa shape index (κ1) is 30.0. The van der Waals surface area contributed by atoms with Crippen molar-refractivity contribution in [2.24, 2.45) is 5.92 Å². The van der Waals surface area contributed by atoms with Gasteiger partial charge in [-0.15, -0.1) is 11.8 Å². The molecule has 7 heteroatoms. The smallest absolute Gasteiger partial charge is 0.254 e. The summed E-state index contributed by atoms with van der Waals surface area (Å²) in [5.41, 5.74) is 7.03. The van der Waals surface area contributed by atoms with Crippen LogP contribution >= 0.6 is 11.8 Å². The second kappa shape index (κ2) is 12.2. The number of pyridine rings is 1. The average Bonchev–Trinajstić information content (AvgIpc) is 3.36. The Kier molecular flexibility index (Phi) is 8.49. The van der Waals surface area contributed by atoms with E-state index < -0.39 is 0 Å². The second-order valence-corrected chi connectivity index (χ2v) is 13.9. The molecule has 1 atom stereocenters. The highest BCUT2D eigenvalue weighted by Gasteiger charge is 2.45. The fourth-order valence-electron chi connectivity index (χ4n) is 7.46. The van der Waals surface area contributed by atoms with Gasteiger partial charge in [-0.25, -0.2) is 4.98 Å². The Morgan fingerprint density at radius 2 is 1.84 bits per heavy atom. The standard InChI is InChI=1S/C36H45N3O3S/c1-23-18-31(43-6)30(34(37-23)41-22-25-10-8-7-9-11-25)21-39-17-16-26-19-27-20-36(3,28-12-14-29(15-13-28)38(4)5)42-33(27)24(2)32(26)35(39)40/h7-11,18-19,28-29H,12-17,20-22H2,1-6H3. The highest BCUT2D eigenvalue weighted by molar-refractivity contribution is 7.98. The molecule has 1 fully saturated rings. The third-order valence-electron chi connectivity index (χ3n) is 9.96. The summed E-state index contributed by atoms with van der Waals surface area (Å²) in [6.07, 6.45) is 8.67. The van der Waals surface area contributed by atoms with Crippen LogP contribution in [0.5, 0.6) is 11.6 Å². The van der Waals surface area contributed by atoms with E-state index >= 15 is 0 Å². The number of hydrogen-bond donors (Lipinski definition) is 0. The maximum absolute atomic E-state index is 14.2. The van der Waals surface area contributed by atoms with E-state index in [0.717, 1.165) is 57.0 Å². The van der Waals surface area contributed by atoms with Crippen LogP contribution in [0.2, 0.25) is 0 Å². The Morgan fingerprint density at radius 3 is 2.53 bits per heavy atom. The zero-order chi connectivity index (χ0) is 30.3. The first-order valence-electron chi connectivity index (χ1n) is 15.7. The van der Waals surface area contributed by atoms with Crippen LogP contribution in [0.4, 0.5) is 0 Å². The predicted octanol–water partition coefficient (Wildman–Crippen LogP) is 7.01. The molecule has 0 spiro atoms. The number of ether oxygens (including phenoxy) is 2. The number of hydrogen-bond acceptors (Lipinski definition) is 6. The highest BCUT2D eigenvalue weighted by Crippen LogP contribution is 2.48. The first-order valence-corrected chi connectivity index (χ1v) is 16.9. The van der Waals surface area contributed by atoms with E-state index in [0.29, 0.717) is 37.5 Å².